The van der Waals surface area contributed by atoms with Gasteiger partial charge in [-0.15, -0.1) is 0 Å². The van der Waals surface area contributed by atoms with Gasteiger partial charge < -0.3 is 10.6 Å². The van der Waals surface area contributed by atoms with Crippen molar-refractivity contribution in [1.82, 2.24) is 10.6 Å². The topological polar surface area (TPSA) is 41.1 Å². The summed E-state index contributed by atoms with van der Waals surface area (Å²) in [7, 11) is 0. The molecule has 148 valence electrons. The quantitative estimate of drug-likeness (QED) is 0.843. The van der Waals surface area contributed by atoms with Crippen LogP contribution in [0, 0.1) is 17.3 Å². The molecule has 27 heavy (non-hydrogen) atoms. The second-order valence-corrected chi connectivity index (χ2v) is 9.79. The number of halogens is 1. The first kappa shape index (κ1) is 18.9. The molecule has 0 aromatic heterocycles. The van der Waals surface area contributed by atoms with Crippen LogP contribution >= 0.6 is 0 Å². The van der Waals surface area contributed by atoms with Gasteiger partial charge in [-0.3, -0.25) is 4.79 Å². The number of hydrogen-bond acceptors (Lipinski definition) is 2. The van der Waals surface area contributed by atoms with Gasteiger partial charge in [0.05, 0.1) is 6.04 Å². The monoisotopic (exact) mass is 372 g/mol. The van der Waals surface area contributed by atoms with E-state index in [2.05, 4.69) is 54.8 Å². The first-order chi connectivity index (χ1) is 12.9. The molecule has 1 aromatic carbocycles. The van der Waals surface area contributed by atoms with E-state index in [1.54, 1.807) is 0 Å². The molecule has 2 saturated carbocycles. The predicted octanol–water partition coefficient (Wildman–Crippen LogP) is 3.98. The average Bonchev–Trinajstić information content (AvgIpc) is 2.63. The molecule has 4 heteroatoms. The first-order valence-electron chi connectivity index (χ1n) is 10.6. The highest BCUT2D eigenvalue weighted by molar-refractivity contribution is 5.83. The van der Waals surface area contributed by atoms with Crippen LogP contribution in [-0.2, 0) is 10.2 Å². The highest BCUT2D eigenvalue weighted by atomic mass is 19.1. The van der Waals surface area contributed by atoms with Gasteiger partial charge in [0.2, 0.25) is 5.91 Å². The van der Waals surface area contributed by atoms with Gasteiger partial charge in [-0.1, -0.05) is 44.2 Å². The maximum absolute atomic E-state index is 14.2. The van der Waals surface area contributed by atoms with E-state index >= 15 is 0 Å². The number of nitrogens with one attached hydrogen (secondary N) is 2. The minimum Gasteiger partial charge on any atom is -0.350 e. The van der Waals surface area contributed by atoms with Crippen molar-refractivity contribution in [3.05, 3.63) is 35.9 Å². The SMILES string of the molecule is CC1CC2CC(C)(C(=O)NC3CCNCC3F)CC(c3ccccc3)(C1)C2. The van der Waals surface area contributed by atoms with Crippen LogP contribution in [0.5, 0.6) is 0 Å². The number of piperidine rings is 1. The third-order valence-corrected chi connectivity index (χ3v) is 7.28. The zero-order chi connectivity index (χ0) is 19.1. The summed E-state index contributed by atoms with van der Waals surface area (Å²) in [6.07, 6.45) is 5.03. The Morgan fingerprint density at radius 3 is 2.74 bits per heavy atom. The van der Waals surface area contributed by atoms with Gasteiger partial charge in [-0.25, -0.2) is 4.39 Å². The lowest BCUT2D eigenvalue weighted by Crippen LogP contribution is -2.57. The van der Waals surface area contributed by atoms with Crippen LogP contribution < -0.4 is 10.6 Å². The summed E-state index contributed by atoms with van der Waals surface area (Å²) >= 11 is 0. The molecule has 2 N–H and O–H groups in total. The smallest absolute Gasteiger partial charge is 0.226 e. The van der Waals surface area contributed by atoms with Crippen LogP contribution in [0.2, 0.25) is 0 Å². The molecular weight excluding hydrogens is 339 g/mol. The third kappa shape index (κ3) is 3.65. The van der Waals surface area contributed by atoms with Crippen LogP contribution in [0.1, 0.15) is 57.9 Å². The van der Waals surface area contributed by atoms with Crippen LogP contribution in [0.3, 0.4) is 0 Å². The van der Waals surface area contributed by atoms with Crippen molar-refractivity contribution in [2.24, 2.45) is 17.3 Å². The number of rotatable bonds is 3. The summed E-state index contributed by atoms with van der Waals surface area (Å²) in [5.74, 6) is 1.33. The number of hydrogen-bond donors (Lipinski definition) is 2. The lowest BCUT2D eigenvalue weighted by atomic mass is 9.50. The van der Waals surface area contributed by atoms with Crippen LogP contribution in [0.15, 0.2) is 30.3 Å². The minimum absolute atomic E-state index is 0.0663. The molecule has 3 nitrogen and oxygen atoms in total. The first-order valence-corrected chi connectivity index (χ1v) is 10.6. The van der Waals surface area contributed by atoms with Gasteiger partial charge in [0.1, 0.15) is 6.17 Å². The fraction of sp³-hybridized carbons (Fsp3) is 0.696. The second-order valence-electron chi connectivity index (χ2n) is 9.79. The largest absolute Gasteiger partial charge is 0.350 e. The number of benzene rings is 1. The van der Waals surface area contributed by atoms with Crippen molar-refractivity contribution in [1.29, 1.82) is 0 Å². The van der Waals surface area contributed by atoms with E-state index < -0.39 is 11.6 Å². The number of alkyl halides is 1. The van der Waals surface area contributed by atoms with Crippen molar-refractivity contribution < 1.29 is 9.18 Å². The molecule has 1 aromatic rings. The van der Waals surface area contributed by atoms with Gasteiger partial charge >= 0.3 is 0 Å². The zero-order valence-electron chi connectivity index (χ0n) is 16.6. The predicted molar refractivity (Wildman–Crippen MR) is 106 cm³/mol. The lowest BCUT2D eigenvalue weighted by molar-refractivity contribution is -0.138. The number of fused-ring (bicyclic) bond motifs is 2. The van der Waals surface area contributed by atoms with Crippen LogP contribution in [-0.4, -0.2) is 31.2 Å². The lowest BCUT2D eigenvalue weighted by Gasteiger charge is -2.54. The molecule has 2 aliphatic carbocycles. The van der Waals surface area contributed by atoms with E-state index in [1.807, 2.05) is 0 Å². The summed E-state index contributed by atoms with van der Waals surface area (Å²) in [5.41, 5.74) is 1.05. The number of carbonyl (C=O) groups is 1. The van der Waals surface area contributed by atoms with E-state index in [4.69, 9.17) is 0 Å². The Labute approximate surface area is 162 Å². The molecule has 0 radical (unpaired) electrons. The molecule has 4 rings (SSSR count). The van der Waals surface area contributed by atoms with E-state index in [-0.39, 0.29) is 17.4 Å². The van der Waals surface area contributed by atoms with E-state index in [0.717, 1.165) is 25.8 Å². The molecule has 1 amide bonds. The highest BCUT2D eigenvalue weighted by Gasteiger charge is 2.53. The van der Waals surface area contributed by atoms with Gasteiger partial charge in [-0.2, -0.15) is 0 Å². The molecule has 1 aliphatic heterocycles. The Hall–Kier alpha value is -1.42. The Balaban J connectivity index is 1.58. The molecule has 1 saturated heterocycles. The zero-order valence-corrected chi connectivity index (χ0v) is 16.6. The molecule has 3 aliphatic rings. The maximum Gasteiger partial charge on any atom is 0.226 e. The Kier molecular flexibility index (Phi) is 5.04. The number of amides is 1. The molecule has 6 atom stereocenters. The fourth-order valence-electron chi connectivity index (χ4n) is 6.42. The Morgan fingerprint density at radius 2 is 2.00 bits per heavy atom. The molecule has 0 spiro atoms. The van der Waals surface area contributed by atoms with Gasteiger partial charge in [0.15, 0.2) is 0 Å². The maximum atomic E-state index is 14.2. The Morgan fingerprint density at radius 1 is 1.22 bits per heavy atom. The Bertz CT molecular complexity index is 676. The highest BCUT2D eigenvalue weighted by Crippen LogP contribution is 2.58. The molecule has 2 bridgehead atoms. The fourth-order valence-corrected chi connectivity index (χ4v) is 6.42. The average molecular weight is 373 g/mol. The van der Waals surface area contributed by atoms with Crippen molar-refractivity contribution in [3.63, 3.8) is 0 Å². The summed E-state index contributed by atoms with van der Waals surface area (Å²) in [6.45, 7) is 5.59. The van der Waals surface area contributed by atoms with Crippen LogP contribution in [0.4, 0.5) is 4.39 Å². The molecule has 6 unspecified atom stereocenters. The van der Waals surface area contributed by atoms with E-state index in [1.165, 1.54) is 18.4 Å². The van der Waals surface area contributed by atoms with Gasteiger partial charge in [-0.05, 0) is 67.9 Å². The summed E-state index contributed by atoms with van der Waals surface area (Å²) in [6, 6.07) is 10.4. The van der Waals surface area contributed by atoms with Gasteiger partial charge in [0, 0.05) is 12.0 Å². The van der Waals surface area contributed by atoms with Crippen molar-refractivity contribution >= 4 is 5.91 Å². The summed E-state index contributed by atoms with van der Waals surface area (Å²) in [5, 5.41) is 6.16. The number of carbonyl (C=O) groups excluding carboxylic acids is 1. The molecule has 1 heterocycles. The molecule has 3 fully saturated rings. The van der Waals surface area contributed by atoms with E-state index in [9.17, 15) is 9.18 Å². The summed E-state index contributed by atoms with van der Waals surface area (Å²) < 4.78 is 14.2. The van der Waals surface area contributed by atoms with Crippen molar-refractivity contribution in [3.8, 4) is 0 Å². The van der Waals surface area contributed by atoms with Crippen molar-refractivity contribution in [2.45, 2.75) is 70.0 Å². The molecular formula is C23H33FN2O. The van der Waals surface area contributed by atoms with E-state index in [0.29, 0.717) is 24.8 Å². The third-order valence-electron chi connectivity index (χ3n) is 7.28. The second kappa shape index (κ2) is 7.20. The van der Waals surface area contributed by atoms with Gasteiger partial charge in [0.25, 0.3) is 0 Å². The summed E-state index contributed by atoms with van der Waals surface area (Å²) in [4.78, 5) is 13.3. The standard InChI is InChI=1S/C23H33FN2O/c1-16-10-17-12-22(2,21(27)26-20-8-9-25-14-19(20)24)15-23(11-16,13-17)18-6-4-3-5-7-18/h3-7,16-17,19-20,25H,8-15H2,1-2H3,(H,26,27). The normalized spacial score (nSPS) is 41.7. The minimum atomic E-state index is -0.988. The van der Waals surface area contributed by atoms with Crippen LogP contribution in [0.25, 0.3) is 0 Å². The van der Waals surface area contributed by atoms with Crippen molar-refractivity contribution in [2.75, 3.05) is 13.1 Å².